The van der Waals surface area contributed by atoms with Crippen molar-refractivity contribution in [2.75, 3.05) is 0 Å². The quantitative estimate of drug-likeness (QED) is 0.610. The van der Waals surface area contributed by atoms with Crippen molar-refractivity contribution in [2.45, 2.75) is 31.8 Å². The molecule has 0 heterocycles. The Morgan fingerprint density at radius 3 is 2.18 bits per heavy atom. The molecule has 3 nitrogen and oxygen atoms in total. The van der Waals surface area contributed by atoms with E-state index in [0.29, 0.717) is 0 Å². The standard InChI is InChI=1S/C13H16O3S/c1-5-13(10(2)3)16-17(14,15)12-8-6-11(4)7-9-12/h1,6-10,13H,2-4H3. The fourth-order valence-corrected chi connectivity index (χ4v) is 2.36. The van der Waals surface area contributed by atoms with Crippen LogP contribution in [-0.4, -0.2) is 14.5 Å². The Bertz CT molecular complexity index is 507. The highest BCUT2D eigenvalue weighted by Gasteiger charge is 2.22. The van der Waals surface area contributed by atoms with E-state index in [9.17, 15) is 8.42 Å². The first-order valence-corrected chi connectivity index (χ1v) is 6.73. The molecular formula is C13H16O3S. The van der Waals surface area contributed by atoms with Gasteiger partial charge >= 0.3 is 0 Å². The molecule has 0 aliphatic carbocycles. The van der Waals surface area contributed by atoms with Gasteiger partial charge in [-0.25, -0.2) is 4.18 Å². The molecule has 17 heavy (non-hydrogen) atoms. The van der Waals surface area contributed by atoms with Crippen LogP contribution >= 0.6 is 0 Å². The molecule has 1 aromatic rings. The Morgan fingerprint density at radius 1 is 1.24 bits per heavy atom. The normalized spacial score (nSPS) is 13.4. The van der Waals surface area contributed by atoms with Gasteiger partial charge in [0.15, 0.2) is 0 Å². The van der Waals surface area contributed by atoms with E-state index < -0.39 is 16.2 Å². The van der Waals surface area contributed by atoms with Crippen molar-refractivity contribution in [3.05, 3.63) is 29.8 Å². The second-order valence-corrected chi connectivity index (χ2v) is 5.77. The molecule has 4 heteroatoms. The third kappa shape index (κ3) is 3.58. The lowest BCUT2D eigenvalue weighted by Crippen LogP contribution is -2.22. The van der Waals surface area contributed by atoms with E-state index in [1.807, 2.05) is 20.8 Å². The van der Waals surface area contributed by atoms with Gasteiger partial charge in [-0.1, -0.05) is 37.5 Å². The zero-order chi connectivity index (χ0) is 13.1. The second kappa shape index (κ2) is 5.35. The minimum Gasteiger partial charge on any atom is -0.250 e. The van der Waals surface area contributed by atoms with Gasteiger partial charge in [0.2, 0.25) is 0 Å². The Hall–Kier alpha value is -1.31. The molecule has 0 fully saturated rings. The van der Waals surface area contributed by atoms with Gasteiger partial charge in [-0.05, 0) is 25.0 Å². The maximum absolute atomic E-state index is 11.9. The van der Waals surface area contributed by atoms with Crippen LogP contribution in [0.1, 0.15) is 19.4 Å². The Labute approximate surface area is 103 Å². The van der Waals surface area contributed by atoms with Gasteiger partial charge < -0.3 is 0 Å². The van der Waals surface area contributed by atoms with Crippen molar-refractivity contribution in [2.24, 2.45) is 5.92 Å². The average Bonchev–Trinajstić information content (AvgIpc) is 2.26. The van der Waals surface area contributed by atoms with Crippen LogP contribution in [0.5, 0.6) is 0 Å². The number of hydrogen-bond acceptors (Lipinski definition) is 3. The Morgan fingerprint density at radius 2 is 1.76 bits per heavy atom. The molecule has 0 saturated heterocycles. The van der Waals surface area contributed by atoms with Crippen LogP contribution in [0.15, 0.2) is 29.2 Å². The molecule has 0 bridgehead atoms. The minimum atomic E-state index is -3.78. The summed E-state index contributed by atoms with van der Waals surface area (Å²) in [5.74, 6) is 2.28. The van der Waals surface area contributed by atoms with E-state index in [4.69, 9.17) is 10.6 Å². The third-order valence-corrected chi connectivity index (χ3v) is 3.62. The summed E-state index contributed by atoms with van der Waals surface area (Å²) in [7, 11) is -3.78. The van der Waals surface area contributed by atoms with E-state index in [1.165, 1.54) is 12.1 Å². The molecule has 1 aromatic carbocycles. The molecule has 1 unspecified atom stereocenters. The highest BCUT2D eigenvalue weighted by molar-refractivity contribution is 7.86. The van der Waals surface area contributed by atoms with Crippen molar-refractivity contribution in [3.63, 3.8) is 0 Å². The number of terminal acetylenes is 1. The van der Waals surface area contributed by atoms with E-state index in [-0.39, 0.29) is 10.8 Å². The van der Waals surface area contributed by atoms with Crippen LogP contribution in [-0.2, 0) is 14.3 Å². The zero-order valence-electron chi connectivity index (χ0n) is 10.2. The topological polar surface area (TPSA) is 43.4 Å². The third-order valence-electron chi connectivity index (χ3n) is 2.31. The number of benzene rings is 1. The SMILES string of the molecule is C#CC(OS(=O)(=O)c1ccc(C)cc1)C(C)C. The van der Waals surface area contributed by atoms with Gasteiger partial charge in [0, 0.05) is 0 Å². The maximum Gasteiger partial charge on any atom is 0.298 e. The lowest BCUT2D eigenvalue weighted by molar-refractivity contribution is 0.214. The predicted molar refractivity (Wildman–Crippen MR) is 66.9 cm³/mol. The summed E-state index contributed by atoms with van der Waals surface area (Å²) in [5, 5.41) is 0. The predicted octanol–water partition coefficient (Wildman–Crippen LogP) is 2.36. The van der Waals surface area contributed by atoms with Crippen molar-refractivity contribution in [1.82, 2.24) is 0 Å². The monoisotopic (exact) mass is 252 g/mol. The van der Waals surface area contributed by atoms with Crippen molar-refractivity contribution < 1.29 is 12.6 Å². The van der Waals surface area contributed by atoms with E-state index in [1.54, 1.807) is 12.1 Å². The van der Waals surface area contributed by atoms with Gasteiger partial charge in [0.1, 0.15) is 6.10 Å². The molecule has 0 radical (unpaired) electrons. The van der Waals surface area contributed by atoms with Gasteiger partial charge in [0.25, 0.3) is 10.1 Å². The highest BCUT2D eigenvalue weighted by atomic mass is 32.2. The zero-order valence-corrected chi connectivity index (χ0v) is 11.0. The van der Waals surface area contributed by atoms with Gasteiger partial charge in [-0.3, -0.25) is 0 Å². The first kappa shape index (κ1) is 13.8. The van der Waals surface area contributed by atoms with E-state index in [0.717, 1.165) is 5.56 Å². The highest BCUT2D eigenvalue weighted by Crippen LogP contribution is 2.17. The summed E-state index contributed by atoms with van der Waals surface area (Å²) in [5.41, 5.74) is 0.987. The number of hydrogen-bond donors (Lipinski definition) is 0. The lowest BCUT2D eigenvalue weighted by Gasteiger charge is -2.15. The molecule has 0 aliphatic rings. The minimum absolute atomic E-state index is 0.0553. The lowest BCUT2D eigenvalue weighted by atomic mass is 10.1. The van der Waals surface area contributed by atoms with Crippen molar-refractivity contribution in [1.29, 1.82) is 0 Å². The van der Waals surface area contributed by atoms with Crippen LogP contribution in [0.4, 0.5) is 0 Å². The number of rotatable bonds is 4. The fourth-order valence-electron chi connectivity index (χ4n) is 1.23. The van der Waals surface area contributed by atoms with E-state index in [2.05, 4.69) is 5.92 Å². The largest absolute Gasteiger partial charge is 0.298 e. The summed E-state index contributed by atoms with van der Waals surface area (Å²) < 4.78 is 28.8. The summed E-state index contributed by atoms with van der Waals surface area (Å²) in [4.78, 5) is 0.129. The number of aryl methyl sites for hydroxylation is 1. The van der Waals surface area contributed by atoms with Gasteiger partial charge in [0.05, 0.1) is 4.90 Å². The van der Waals surface area contributed by atoms with E-state index >= 15 is 0 Å². The first-order chi connectivity index (χ1) is 7.86. The molecule has 92 valence electrons. The average molecular weight is 252 g/mol. The van der Waals surface area contributed by atoms with Crippen LogP contribution in [0.25, 0.3) is 0 Å². The van der Waals surface area contributed by atoms with Crippen molar-refractivity contribution >= 4 is 10.1 Å². The van der Waals surface area contributed by atoms with Crippen LogP contribution < -0.4 is 0 Å². The fraction of sp³-hybridized carbons (Fsp3) is 0.385. The van der Waals surface area contributed by atoms with Crippen LogP contribution in [0.3, 0.4) is 0 Å². The molecule has 1 atom stereocenters. The van der Waals surface area contributed by atoms with Crippen LogP contribution in [0.2, 0.25) is 0 Å². The second-order valence-electron chi connectivity index (χ2n) is 4.19. The molecule has 0 spiro atoms. The smallest absolute Gasteiger partial charge is 0.250 e. The molecule has 0 aliphatic heterocycles. The molecule has 1 rings (SSSR count). The molecule has 0 saturated carbocycles. The molecular weight excluding hydrogens is 236 g/mol. The van der Waals surface area contributed by atoms with Crippen LogP contribution in [0, 0.1) is 25.2 Å². The Kier molecular flexibility index (Phi) is 4.33. The molecule has 0 aromatic heterocycles. The van der Waals surface area contributed by atoms with Crippen molar-refractivity contribution in [3.8, 4) is 12.3 Å². The van der Waals surface area contributed by atoms with Gasteiger partial charge in [-0.15, -0.1) is 6.42 Å². The molecule has 0 amide bonds. The Balaban J connectivity index is 2.97. The summed E-state index contributed by atoms with van der Waals surface area (Å²) in [6.45, 7) is 5.51. The van der Waals surface area contributed by atoms with Gasteiger partial charge in [-0.2, -0.15) is 8.42 Å². The summed E-state index contributed by atoms with van der Waals surface area (Å²) >= 11 is 0. The first-order valence-electron chi connectivity index (χ1n) is 5.33. The maximum atomic E-state index is 11.9. The summed E-state index contributed by atoms with van der Waals surface area (Å²) in [6, 6.07) is 6.46. The summed E-state index contributed by atoms with van der Waals surface area (Å²) in [6.07, 6.45) is 4.51. The molecule has 0 N–H and O–H groups in total.